The Morgan fingerprint density at radius 3 is 2.85 bits per heavy atom. The number of aromatic nitrogens is 2. The van der Waals surface area contributed by atoms with Gasteiger partial charge in [-0.05, 0) is 18.6 Å². The van der Waals surface area contributed by atoms with E-state index in [0.717, 1.165) is 18.0 Å². The van der Waals surface area contributed by atoms with Gasteiger partial charge in [0.15, 0.2) is 0 Å². The first-order valence-electron chi connectivity index (χ1n) is 6.39. The van der Waals surface area contributed by atoms with Gasteiger partial charge in [-0.25, -0.2) is 4.98 Å². The first kappa shape index (κ1) is 15.1. The Morgan fingerprint density at radius 1 is 1.40 bits per heavy atom. The van der Waals surface area contributed by atoms with Gasteiger partial charge in [-0.3, -0.25) is 0 Å². The maximum atomic E-state index is 12.1. The van der Waals surface area contributed by atoms with Gasteiger partial charge in [0.2, 0.25) is 0 Å². The maximum absolute atomic E-state index is 12.1. The number of H-pyrrole nitrogens is 1. The summed E-state index contributed by atoms with van der Waals surface area (Å²) >= 11 is 0.562. The highest BCUT2D eigenvalue weighted by Gasteiger charge is 2.12. The van der Waals surface area contributed by atoms with Crippen LogP contribution in [0.2, 0.25) is 0 Å². The molecule has 2 rings (SSSR count). The maximum Gasteiger partial charge on any atom is 0.284 e. The minimum absolute atomic E-state index is 0.119. The Labute approximate surface area is 120 Å². The van der Waals surface area contributed by atoms with Gasteiger partial charge < -0.3 is 14.7 Å². The van der Waals surface area contributed by atoms with Crippen LogP contribution in [0.4, 0.5) is 8.78 Å². The molecule has 0 spiro atoms. The largest absolute Gasteiger partial charge is 0.464 e. The van der Waals surface area contributed by atoms with E-state index in [1.807, 2.05) is 6.07 Å². The van der Waals surface area contributed by atoms with Crippen LogP contribution in [-0.4, -0.2) is 15.7 Å². The van der Waals surface area contributed by atoms with Gasteiger partial charge in [-0.2, -0.15) is 8.78 Å². The van der Waals surface area contributed by atoms with Gasteiger partial charge in [0.25, 0.3) is 5.76 Å². The standard InChI is InChI=1S/C13H17F2N3OS/c1-2-11(12-16-5-6-17-12)18-7-9-3-4-10(19-9)8-20-13(14)15/h3-6,11,13,18H,2,7-8H2,1H3,(H,16,17). The number of nitrogens with zero attached hydrogens (tertiary/aromatic N) is 1. The third-order valence-electron chi connectivity index (χ3n) is 2.85. The molecule has 110 valence electrons. The van der Waals surface area contributed by atoms with E-state index in [1.165, 1.54) is 0 Å². The van der Waals surface area contributed by atoms with Crippen molar-refractivity contribution in [3.63, 3.8) is 0 Å². The van der Waals surface area contributed by atoms with Crippen molar-refractivity contribution in [2.24, 2.45) is 0 Å². The van der Waals surface area contributed by atoms with E-state index in [2.05, 4.69) is 22.2 Å². The molecule has 0 aromatic carbocycles. The predicted octanol–water partition coefficient (Wildman–Crippen LogP) is 3.70. The van der Waals surface area contributed by atoms with Crippen molar-refractivity contribution in [2.45, 2.75) is 37.4 Å². The van der Waals surface area contributed by atoms with E-state index in [4.69, 9.17) is 4.42 Å². The molecule has 0 saturated carbocycles. The lowest BCUT2D eigenvalue weighted by Crippen LogP contribution is -2.21. The van der Waals surface area contributed by atoms with Crippen LogP contribution in [0, 0.1) is 0 Å². The Bertz CT molecular complexity index is 501. The molecule has 4 nitrogen and oxygen atoms in total. The second kappa shape index (κ2) is 7.44. The van der Waals surface area contributed by atoms with E-state index in [9.17, 15) is 8.78 Å². The number of thioether (sulfide) groups is 1. The van der Waals surface area contributed by atoms with Gasteiger partial charge in [-0.1, -0.05) is 18.7 Å². The molecule has 2 aromatic rings. The fraction of sp³-hybridized carbons (Fsp3) is 0.462. The summed E-state index contributed by atoms with van der Waals surface area (Å²) in [6.07, 6.45) is 4.39. The highest BCUT2D eigenvalue weighted by Crippen LogP contribution is 2.21. The van der Waals surface area contributed by atoms with Gasteiger partial charge in [0, 0.05) is 12.4 Å². The lowest BCUT2D eigenvalue weighted by Gasteiger charge is -2.13. The Balaban J connectivity index is 1.84. The van der Waals surface area contributed by atoms with Gasteiger partial charge in [0.05, 0.1) is 18.3 Å². The first-order chi connectivity index (χ1) is 9.69. The summed E-state index contributed by atoms with van der Waals surface area (Å²) in [5, 5.41) is 3.32. The fourth-order valence-corrected chi connectivity index (χ4v) is 2.31. The number of aromatic amines is 1. The van der Waals surface area contributed by atoms with Crippen molar-refractivity contribution in [3.8, 4) is 0 Å². The molecule has 1 unspecified atom stereocenters. The number of nitrogens with one attached hydrogen (secondary N) is 2. The number of halogens is 2. The molecule has 1 atom stereocenters. The predicted molar refractivity (Wildman–Crippen MR) is 74.5 cm³/mol. The Hall–Kier alpha value is -1.34. The molecule has 2 N–H and O–H groups in total. The zero-order chi connectivity index (χ0) is 14.4. The van der Waals surface area contributed by atoms with Crippen LogP contribution in [0.15, 0.2) is 28.9 Å². The smallest absolute Gasteiger partial charge is 0.284 e. The number of hydrogen-bond donors (Lipinski definition) is 2. The molecule has 0 saturated heterocycles. The highest BCUT2D eigenvalue weighted by atomic mass is 32.2. The minimum Gasteiger partial charge on any atom is -0.464 e. The number of alkyl halides is 2. The van der Waals surface area contributed by atoms with E-state index < -0.39 is 5.76 Å². The van der Waals surface area contributed by atoms with Crippen LogP contribution < -0.4 is 5.32 Å². The van der Waals surface area contributed by atoms with Crippen molar-refractivity contribution in [1.29, 1.82) is 0 Å². The van der Waals surface area contributed by atoms with Gasteiger partial charge >= 0.3 is 0 Å². The molecule has 0 radical (unpaired) electrons. The monoisotopic (exact) mass is 301 g/mol. The summed E-state index contributed by atoms with van der Waals surface area (Å²) in [6.45, 7) is 2.60. The second-order valence-corrected chi connectivity index (χ2v) is 5.23. The number of imidazole rings is 1. The fourth-order valence-electron chi connectivity index (χ4n) is 1.87. The second-order valence-electron chi connectivity index (χ2n) is 4.26. The lowest BCUT2D eigenvalue weighted by atomic mass is 10.2. The molecule has 0 aliphatic rings. The average Bonchev–Trinajstić information content (AvgIpc) is 3.08. The van der Waals surface area contributed by atoms with Crippen molar-refractivity contribution in [3.05, 3.63) is 41.9 Å². The van der Waals surface area contributed by atoms with Crippen molar-refractivity contribution < 1.29 is 13.2 Å². The third-order valence-corrected chi connectivity index (χ3v) is 3.55. The Kier molecular flexibility index (Phi) is 5.60. The first-order valence-corrected chi connectivity index (χ1v) is 7.44. The summed E-state index contributed by atoms with van der Waals surface area (Å²) in [4.78, 5) is 7.29. The summed E-state index contributed by atoms with van der Waals surface area (Å²) in [7, 11) is 0. The molecule has 20 heavy (non-hydrogen) atoms. The van der Waals surface area contributed by atoms with Crippen LogP contribution >= 0.6 is 11.8 Å². The van der Waals surface area contributed by atoms with Crippen LogP contribution in [0.25, 0.3) is 0 Å². The molecule has 0 aliphatic heterocycles. The molecule has 2 aromatic heterocycles. The zero-order valence-electron chi connectivity index (χ0n) is 11.1. The van der Waals surface area contributed by atoms with Crippen molar-refractivity contribution in [1.82, 2.24) is 15.3 Å². The number of furan rings is 1. The Morgan fingerprint density at radius 2 is 2.20 bits per heavy atom. The quantitative estimate of drug-likeness (QED) is 0.780. The highest BCUT2D eigenvalue weighted by molar-refractivity contribution is 7.98. The summed E-state index contributed by atoms with van der Waals surface area (Å²) in [5.74, 6) is 0.00298. The van der Waals surface area contributed by atoms with E-state index in [-0.39, 0.29) is 11.8 Å². The van der Waals surface area contributed by atoms with Crippen LogP contribution in [-0.2, 0) is 12.3 Å². The van der Waals surface area contributed by atoms with E-state index in [1.54, 1.807) is 18.5 Å². The zero-order valence-corrected chi connectivity index (χ0v) is 11.9. The van der Waals surface area contributed by atoms with Crippen molar-refractivity contribution >= 4 is 11.8 Å². The molecule has 0 fully saturated rings. The molecule has 2 heterocycles. The van der Waals surface area contributed by atoms with Crippen LogP contribution in [0.1, 0.15) is 36.7 Å². The summed E-state index contributed by atoms with van der Waals surface area (Å²) in [6, 6.07) is 3.66. The molecular formula is C13H17F2N3OS. The van der Waals surface area contributed by atoms with Gasteiger partial charge in [0.1, 0.15) is 17.3 Å². The molecule has 7 heteroatoms. The summed E-state index contributed by atoms with van der Waals surface area (Å²) < 4.78 is 29.7. The molecular weight excluding hydrogens is 284 g/mol. The van der Waals surface area contributed by atoms with Gasteiger partial charge in [-0.15, -0.1) is 0 Å². The third kappa shape index (κ3) is 4.35. The van der Waals surface area contributed by atoms with Crippen LogP contribution in [0.5, 0.6) is 0 Å². The van der Waals surface area contributed by atoms with Crippen LogP contribution in [0.3, 0.4) is 0 Å². The SMILES string of the molecule is CCC(NCc1ccc(CSC(F)F)o1)c1ncc[nH]1. The van der Waals surface area contributed by atoms with Crippen molar-refractivity contribution in [2.75, 3.05) is 0 Å². The van der Waals surface area contributed by atoms with E-state index >= 15 is 0 Å². The number of rotatable bonds is 8. The lowest BCUT2D eigenvalue weighted by molar-refractivity contribution is 0.251. The molecule has 0 bridgehead atoms. The normalized spacial score (nSPS) is 13.0. The number of hydrogen-bond acceptors (Lipinski definition) is 4. The minimum atomic E-state index is -2.37. The summed E-state index contributed by atoms with van der Waals surface area (Å²) in [5.41, 5.74) is 0. The topological polar surface area (TPSA) is 53.9 Å². The molecule has 0 amide bonds. The van der Waals surface area contributed by atoms with E-state index in [0.29, 0.717) is 24.1 Å². The molecule has 0 aliphatic carbocycles. The average molecular weight is 301 g/mol.